The Labute approximate surface area is 90.8 Å². The van der Waals surface area contributed by atoms with Crippen molar-refractivity contribution in [3.05, 3.63) is 0 Å². The molecular formula is C5H4O2S4Se. The number of fused-ring (bicyclic) bond motifs is 1. The number of rotatable bonds is 1. The first-order chi connectivity index (χ1) is 5.77. The van der Waals surface area contributed by atoms with Gasteiger partial charge < -0.3 is 0 Å². The van der Waals surface area contributed by atoms with Crippen LogP contribution in [0, 0.1) is 0 Å². The third-order valence-electron chi connectivity index (χ3n) is 1.20. The van der Waals surface area contributed by atoms with Crippen molar-refractivity contribution in [3.63, 3.8) is 0 Å². The molecule has 0 radical (unpaired) electrons. The summed E-state index contributed by atoms with van der Waals surface area (Å²) in [4.78, 5) is 0. The average Bonchev–Trinajstić information content (AvgIpc) is 2.46. The third-order valence-corrected chi connectivity index (χ3v) is 9.58. The number of thioether (sulfide) groups is 2. The van der Waals surface area contributed by atoms with Gasteiger partial charge in [-0.15, -0.1) is 0 Å². The van der Waals surface area contributed by atoms with Crippen LogP contribution in [0.5, 0.6) is 0 Å². The summed E-state index contributed by atoms with van der Waals surface area (Å²) in [5.41, 5.74) is 0. The summed E-state index contributed by atoms with van der Waals surface area (Å²) in [5.74, 6) is 2.21. The quantitative estimate of drug-likeness (QED) is 0.568. The van der Waals surface area contributed by atoms with Gasteiger partial charge in [0.2, 0.25) is 0 Å². The van der Waals surface area contributed by atoms with Crippen molar-refractivity contribution in [3.8, 4) is 0 Å². The molecule has 1 aliphatic rings. The Kier molecular flexibility index (Phi) is 3.23. The molecule has 1 aliphatic heterocycles. The Morgan fingerprint density at radius 3 is 2.83 bits per heavy atom. The molecule has 1 aromatic rings. The first-order valence-corrected chi connectivity index (χ1v) is 8.95. The van der Waals surface area contributed by atoms with E-state index in [9.17, 15) is 8.02 Å². The molecule has 0 saturated carbocycles. The predicted octanol–water partition coefficient (Wildman–Crippen LogP) is 0.775. The molecule has 12 heavy (non-hydrogen) atoms. The summed E-state index contributed by atoms with van der Waals surface area (Å²) in [7, 11) is 0. The monoisotopic (exact) mass is 304 g/mol. The van der Waals surface area contributed by atoms with E-state index in [0.717, 1.165) is 11.5 Å². The van der Waals surface area contributed by atoms with Crippen LogP contribution in [0.1, 0.15) is 0 Å². The van der Waals surface area contributed by atoms with Gasteiger partial charge in [-0.05, 0) is 0 Å². The molecular weight excluding hydrogens is 299 g/mol. The first-order valence-electron chi connectivity index (χ1n) is 3.09. The van der Waals surface area contributed by atoms with Crippen LogP contribution >= 0.6 is 46.2 Å². The molecule has 2 nitrogen and oxygen atoms in total. The second-order valence-electron chi connectivity index (χ2n) is 1.96. The molecule has 0 aromatic carbocycles. The zero-order valence-electron chi connectivity index (χ0n) is 5.77. The van der Waals surface area contributed by atoms with Gasteiger partial charge in [0.25, 0.3) is 0 Å². The van der Waals surface area contributed by atoms with Crippen LogP contribution < -0.4 is 7.28 Å². The molecule has 2 rings (SSSR count). The molecule has 1 atom stereocenters. The maximum atomic E-state index is 10.7. The molecule has 1 aromatic heterocycles. The van der Waals surface area contributed by atoms with Crippen molar-refractivity contribution < 1.29 is 8.02 Å². The summed E-state index contributed by atoms with van der Waals surface area (Å²) < 4.78 is 24.4. The maximum absolute atomic E-state index is 10.7. The molecule has 0 saturated heterocycles. The van der Waals surface area contributed by atoms with Crippen LogP contribution in [0.15, 0.2) is 8.42 Å². The molecule has 2 heterocycles. The van der Waals surface area contributed by atoms with E-state index >= 15 is 0 Å². The molecule has 0 amide bonds. The summed E-state index contributed by atoms with van der Waals surface area (Å²) in [6, 6.07) is 0. The van der Waals surface area contributed by atoms with Gasteiger partial charge >= 0.3 is 91.4 Å². The van der Waals surface area contributed by atoms with Crippen LogP contribution in [-0.4, -0.2) is 25.7 Å². The Morgan fingerprint density at radius 1 is 1.42 bits per heavy atom. The normalized spacial score (nSPS) is 18.8. The molecule has 1 unspecified atom stereocenters. The zero-order chi connectivity index (χ0) is 8.55. The number of hydrogen-bond donors (Lipinski definition) is 0. The van der Waals surface area contributed by atoms with Crippen LogP contribution in [0.25, 0.3) is 0 Å². The topological polar surface area (TPSA) is 40.1 Å². The SMILES string of the molecule is O=[Se]([O-])c1sc2c([s+]1)SCCS2. The van der Waals surface area contributed by atoms with Gasteiger partial charge in [0.15, 0.2) is 0 Å². The molecule has 0 spiro atoms. The van der Waals surface area contributed by atoms with E-state index in [-0.39, 0.29) is 0 Å². The standard InChI is InChI=1S/C5H4O2S4Se/c6-12(7)5-10-3-4(11-5)9-2-1-8-3/h1-2H2. The molecule has 66 valence electrons. The second kappa shape index (κ2) is 4.04. The van der Waals surface area contributed by atoms with Crippen molar-refractivity contribution in [1.29, 1.82) is 0 Å². The van der Waals surface area contributed by atoms with Gasteiger partial charge in [-0.3, -0.25) is 0 Å². The van der Waals surface area contributed by atoms with Crippen molar-refractivity contribution in [1.82, 2.24) is 0 Å². The van der Waals surface area contributed by atoms with Crippen molar-refractivity contribution in [2.45, 2.75) is 8.42 Å². The third kappa shape index (κ3) is 1.92. The van der Waals surface area contributed by atoms with E-state index in [1.807, 2.05) is 0 Å². The van der Waals surface area contributed by atoms with Gasteiger partial charge in [0.1, 0.15) is 0 Å². The van der Waals surface area contributed by atoms with Crippen molar-refractivity contribution in [2.24, 2.45) is 0 Å². The van der Waals surface area contributed by atoms with Crippen LogP contribution in [0.3, 0.4) is 0 Å². The molecule has 0 bridgehead atoms. The van der Waals surface area contributed by atoms with Crippen LogP contribution in [0.4, 0.5) is 0 Å². The fourth-order valence-corrected chi connectivity index (χ4v) is 8.93. The minimum atomic E-state index is -2.90. The van der Waals surface area contributed by atoms with E-state index in [1.54, 1.807) is 23.5 Å². The molecule has 0 aliphatic carbocycles. The van der Waals surface area contributed by atoms with E-state index in [2.05, 4.69) is 0 Å². The Balaban J connectivity index is 2.38. The van der Waals surface area contributed by atoms with Gasteiger partial charge in [-0.25, -0.2) is 0 Å². The van der Waals surface area contributed by atoms with Crippen molar-refractivity contribution in [2.75, 3.05) is 11.5 Å². The molecule has 7 heteroatoms. The molecule has 0 N–H and O–H groups in total. The fourth-order valence-electron chi connectivity index (χ4n) is 0.769. The summed E-state index contributed by atoms with van der Waals surface area (Å²) >= 11 is 3.52. The van der Waals surface area contributed by atoms with Gasteiger partial charge in [-0.1, -0.05) is 0 Å². The Bertz CT molecular complexity index is 300. The molecule has 0 fully saturated rings. The first kappa shape index (κ1) is 9.58. The average molecular weight is 303 g/mol. The zero-order valence-corrected chi connectivity index (χ0v) is 10.8. The summed E-state index contributed by atoms with van der Waals surface area (Å²) in [6.07, 6.45) is 0. The van der Waals surface area contributed by atoms with E-state index in [1.165, 1.54) is 31.1 Å². The van der Waals surface area contributed by atoms with Gasteiger partial charge in [0, 0.05) is 0 Å². The van der Waals surface area contributed by atoms with E-state index in [4.69, 9.17) is 0 Å². The van der Waals surface area contributed by atoms with Gasteiger partial charge in [0.05, 0.1) is 0 Å². The summed E-state index contributed by atoms with van der Waals surface area (Å²) in [5, 5.41) is 0. The van der Waals surface area contributed by atoms with Gasteiger partial charge in [-0.2, -0.15) is 0 Å². The van der Waals surface area contributed by atoms with E-state index in [0.29, 0.717) is 3.09 Å². The Hall–Kier alpha value is 1.03. The minimum absolute atomic E-state index is 0.599. The Morgan fingerprint density at radius 2 is 2.17 bits per heavy atom. The van der Waals surface area contributed by atoms with E-state index < -0.39 is 14.2 Å². The van der Waals surface area contributed by atoms with Crippen LogP contribution in [0.2, 0.25) is 0 Å². The van der Waals surface area contributed by atoms with Crippen molar-refractivity contribution >= 4 is 63.4 Å². The summed E-state index contributed by atoms with van der Waals surface area (Å²) in [6.45, 7) is 0. The fraction of sp³-hybridized carbons (Fsp3) is 0.400. The second-order valence-corrected chi connectivity index (χ2v) is 10.00. The van der Waals surface area contributed by atoms with Crippen LogP contribution in [-0.2, 0) is 3.83 Å². The number of hydrogen-bond acceptors (Lipinski definition) is 5. The predicted molar refractivity (Wildman–Crippen MR) is 54.1 cm³/mol.